The number of carbonyl (C=O) groups excluding carboxylic acids is 3. The van der Waals surface area contributed by atoms with Gasteiger partial charge in [-0.2, -0.15) is 0 Å². The fourth-order valence-corrected chi connectivity index (χ4v) is 4.99. The van der Waals surface area contributed by atoms with Gasteiger partial charge in [-0.3, -0.25) is 14.4 Å². The number of rotatable bonds is 4. The van der Waals surface area contributed by atoms with Crippen LogP contribution in [0.5, 0.6) is 0 Å². The predicted molar refractivity (Wildman–Crippen MR) is 97.0 cm³/mol. The molecule has 3 rings (SSSR count). The van der Waals surface area contributed by atoms with Crippen molar-refractivity contribution in [3.8, 4) is 0 Å². The largest absolute Gasteiger partial charge is 0.468 e. The van der Waals surface area contributed by atoms with Gasteiger partial charge in [0.05, 0.1) is 23.9 Å². The van der Waals surface area contributed by atoms with Gasteiger partial charge in [-0.25, -0.2) is 0 Å². The van der Waals surface area contributed by atoms with Gasteiger partial charge < -0.3 is 20.5 Å². The molecule has 1 fully saturated rings. The first kappa shape index (κ1) is 18.8. The Kier molecular flexibility index (Phi) is 4.19. The summed E-state index contributed by atoms with van der Waals surface area (Å²) < 4.78 is 10.9. The number of primary amides is 1. The van der Waals surface area contributed by atoms with Crippen LogP contribution in [0.25, 0.3) is 0 Å². The van der Waals surface area contributed by atoms with Gasteiger partial charge in [-0.15, -0.1) is 11.3 Å². The van der Waals surface area contributed by atoms with Crippen molar-refractivity contribution in [3.63, 3.8) is 0 Å². The Balaban J connectivity index is 2.02. The standard InChI is InChI=1S/C18H24N2O5S/c1-16(2)8-9-10(12(19)21)13(26-11(9)17(3,4)25-16)20-14(22)18(6-7-18)15(23)24-5/h6-8H2,1-5H3,(H2,19,21)(H,20,22). The molecule has 0 spiro atoms. The van der Waals surface area contributed by atoms with Crippen LogP contribution in [0.4, 0.5) is 5.00 Å². The van der Waals surface area contributed by atoms with Crippen LogP contribution in [0.3, 0.4) is 0 Å². The average Bonchev–Trinajstić information content (AvgIpc) is 3.22. The number of carbonyl (C=O) groups is 3. The Morgan fingerprint density at radius 2 is 1.81 bits per heavy atom. The predicted octanol–water partition coefficient (Wildman–Crippen LogP) is 2.33. The third kappa shape index (κ3) is 2.91. The Morgan fingerprint density at radius 3 is 2.31 bits per heavy atom. The van der Waals surface area contributed by atoms with E-state index < -0.39 is 34.4 Å². The summed E-state index contributed by atoms with van der Waals surface area (Å²) in [5.41, 5.74) is 4.51. The topological polar surface area (TPSA) is 108 Å². The van der Waals surface area contributed by atoms with Gasteiger partial charge in [-0.05, 0) is 46.1 Å². The van der Waals surface area contributed by atoms with Crippen molar-refractivity contribution in [2.24, 2.45) is 11.1 Å². The van der Waals surface area contributed by atoms with Crippen molar-refractivity contribution >= 4 is 34.1 Å². The number of ether oxygens (including phenoxy) is 2. The zero-order valence-electron chi connectivity index (χ0n) is 15.6. The summed E-state index contributed by atoms with van der Waals surface area (Å²) in [7, 11) is 1.26. The van der Waals surface area contributed by atoms with Crippen LogP contribution < -0.4 is 11.1 Å². The first-order chi connectivity index (χ1) is 11.9. The molecule has 8 heteroatoms. The first-order valence-electron chi connectivity index (χ1n) is 8.49. The number of methoxy groups -OCH3 is 1. The highest BCUT2D eigenvalue weighted by Crippen LogP contribution is 2.51. The second-order valence-corrected chi connectivity index (χ2v) is 9.08. The highest BCUT2D eigenvalue weighted by atomic mass is 32.1. The van der Waals surface area contributed by atoms with E-state index in [2.05, 4.69) is 5.32 Å². The summed E-state index contributed by atoms with van der Waals surface area (Å²) in [6.45, 7) is 7.76. The second kappa shape index (κ2) is 5.79. The van der Waals surface area contributed by atoms with E-state index in [1.54, 1.807) is 0 Å². The monoisotopic (exact) mass is 380 g/mol. The van der Waals surface area contributed by atoms with Crippen LogP contribution in [0.15, 0.2) is 0 Å². The molecule has 1 saturated carbocycles. The van der Waals surface area contributed by atoms with E-state index in [9.17, 15) is 14.4 Å². The molecule has 0 radical (unpaired) electrons. The van der Waals surface area contributed by atoms with Gasteiger partial charge in [0.1, 0.15) is 10.4 Å². The average molecular weight is 380 g/mol. The Hall–Kier alpha value is -1.93. The lowest BCUT2D eigenvalue weighted by Gasteiger charge is -2.41. The normalized spacial score (nSPS) is 21.4. The van der Waals surface area contributed by atoms with Gasteiger partial charge >= 0.3 is 5.97 Å². The van der Waals surface area contributed by atoms with Crippen LogP contribution >= 0.6 is 11.3 Å². The number of thiophene rings is 1. The molecular weight excluding hydrogens is 356 g/mol. The third-order valence-electron chi connectivity index (χ3n) is 4.92. The minimum atomic E-state index is -1.15. The molecule has 0 saturated heterocycles. The van der Waals surface area contributed by atoms with Crippen molar-refractivity contribution < 1.29 is 23.9 Å². The highest BCUT2D eigenvalue weighted by molar-refractivity contribution is 7.17. The van der Waals surface area contributed by atoms with Gasteiger partial charge in [-0.1, -0.05) is 0 Å². The summed E-state index contributed by atoms with van der Waals surface area (Å²) in [5, 5.41) is 3.13. The molecule has 2 aliphatic rings. The molecule has 1 aromatic rings. The molecule has 1 aromatic heterocycles. The van der Waals surface area contributed by atoms with Crippen LogP contribution in [0.1, 0.15) is 61.3 Å². The molecule has 0 aromatic carbocycles. The van der Waals surface area contributed by atoms with Gasteiger partial charge in [0.2, 0.25) is 5.91 Å². The number of amides is 2. The number of hydrogen-bond acceptors (Lipinski definition) is 6. The zero-order chi connectivity index (χ0) is 19.5. The number of esters is 1. The molecule has 2 heterocycles. The van der Waals surface area contributed by atoms with Crippen molar-refractivity contribution in [3.05, 3.63) is 16.0 Å². The fourth-order valence-electron chi connectivity index (χ4n) is 3.73. The lowest BCUT2D eigenvalue weighted by molar-refractivity contribution is -0.150. The molecule has 0 atom stereocenters. The van der Waals surface area contributed by atoms with Gasteiger partial charge in [0.25, 0.3) is 5.91 Å². The molecule has 0 unspecified atom stereocenters. The van der Waals surface area contributed by atoms with Crippen LogP contribution in [0, 0.1) is 5.41 Å². The molecule has 26 heavy (non-hydrogen) atoms. The highest BCUT2D eigenvalue weighted by Gasteiger charge is 2.58. The molecule has 1 aliphatic carbocycles. The Labute approximate surface area is 156 Å². The number of hydrogen-bond donors (Lipinski definition) is 2. The van der Waals surface area contributed by atoms with Crippen molar-refractivity contribution in [1.82, 2.24) is 0 Å². The molecule has 142 valence electrons. The fraction of sp³-hybridized carbons (Fsp3) is 0.611. The summed E-state index contributed by atoms with van der Waals surface area (Å²) >= 11 is 1.28. The van der Waals surface area contributed by atoms with E-state index in [1.165, 1.54) is 18.4 Å². The number of nitrogens with two attached hydrogens (primary N) is 1. The van der Waals surface area contributed by atoms with Crippen LogP contribution in [0.2, 0.25) is 0 Å². The molecule has 1 aliphatic heterocycles. The molecule has 2 amide bonds. The van der Waals surface area contributed by atoms with E-state index in [1.807, 2.05) is 27.7 Å². The smallest absolute Gasteiger partial charge is 0.321 e. The molecular formula is C18H24N2O5S. The minimum Gasteiger partial charge on any atom is -0.468 e. The van der Waals surface area contributed by atoms with Gasteiger partial charge in [0, 0.05) is 11.3 Å². The number of nitrogens with one attached hydrogen (secondary N) is 1. The summed E-state index contributed by atoms with van der Waals surface area (Å²) in [6, 6.07) is 0. The van der Waals surface area contributed by atoms with Gasteiger partial charge in [0.15, 0.2) is 0 Å². The van der Waals surface area contributed by atoms with Crippen molar-refractivity contribution in [2.75, 3.05) is 12.4 Å². The quantitative estimate of drug-likeness (QED) is 0.616. The van der Waals surface area contributed by atoms with Crippen LogP contribution in [-0.2, 0) is 31.1 Å². The van der Waals surface area contributed by atoms with E-state index in [-0.39, 0.29) is 0 Å². The number of fused-ring (bicyclic) bond motifs is 1. The number of anilines is 1. The zero-order valence-corrected chi connectivity index (χ0v) is 16.5. The lowest BCUT2D eigenvalue weighted by Crippen LogP contribution is -2.42. The molecule has 3 N–H and O–H groups in total. The molecule has 0 bridgehead atoms. The first-order valence-corrected chi connectivity index (χ1v) is 9.31. The Bertz CT molecular complexity index is 805. The maximum Gasteiger partial charge on any atom is 0.321 e. The SMILES string of the molecule is COC(=O)C1(C(=O)Nc2sc3c(c2C(N)=O)CC(C)(C)OC3(C)C)CC1. The van der Waals surface area contributed by atoms with E-state index in [0.717, 1.165) is 10.4 Å². The lowest BCUT2D eigenvalue weighted by atomic mass is 9.86. The van der Waals surface area contributed by atoms with Crippen molar-refractivity contribution in [1.29, 1.82) is 0 Å². The maximum atomic E-state index is 12.7. The maximum absolute atomic E-state index is 12.7. The summed E-state index contributed by atoms with van der Waals surface area (Å²) in [6.07, 6.45) is 1.38. The second-order valence-electron chi connectivity index (χ2n) is 8.05. The minimum absolute atomic E-state index is 0.309. The van der Waals surface area contributed by atoms with Crippen molar-refractivity contribution in [2.45, 2.75) is 58.2 Å². The third-order valence-corrected chi connectivity index (χ3v) is 6.37. The van der Waals surface area contributed by atoms with E-state index >= 15 is 0 Å². The van der Waals surface area contributed by atoms with E-state index in [0.29, 0.717) is 29.8 Å². The summed E-state index contributed by atoms with van der Waals surface area (Å²) in [4.78, 5) is 37.6. The Morgan fingerprint density at radius 1 is 1.19 bits per heavy atom. The van der Waals surface area contributed by atoms with E-state index in [4.69, 9.17) is 15.2 Å². The van der Waals surface area contributed by atoms with Crippen LogP contribution in [-0.4, -0.2) is 30.5 Å². The summed E-state index contributed by atoms with van der Waals surface area (Å²) in [5.74, 6) is -1.61. The molecule has 7 nitrogen and oxygen atoms in total.